The summed E-state index contributed by atoms with van der Waals surface area (Å²) in [4.78, 5) is 5.61. The third-order valence-corrected chi connectivity index (χ3v) is 2.79. The lowest BCUT2D eigenvalue weighted by Gasteiger charge is -2.19. The van der Waals surface area contributed by atoms with Gasteiger partial charge in [0.2, 0.25) is 0 Å². The van der Waals surface area contributed by atoms with E-state index >= 15 is 0 Å². The van der Waals surface area contributed by atoms with Crippen molar-refractivity contribution in [3.05, 3.63) is 22.8 Å². The summed E-state index contributed by atoms with van der Waals surface area (Å²) < 4.78 is 37.8. The van der Waals surface area contributed by atoms with Crippen LogP contribution < -0.4 is 4.90 Å². The molecule has 0 aromatic carbocycles. The van der Waals surface area contributed by atoms with Gasteiger partial charge in [-0.2, -0.15) is 13.2 Å². The van der Waals surface area contributed by atoms with Gasteiger partial charge in [-0.25, -0.2) is 4.98 Å². The average molecular weight is 281 g/mol. The molecular weight excluding hydrogens is 265 g/mol. The van der Waals surface area contributed by atoms with Gasteiger partial charge in [0.1, 0.15) is 11.0 Å². The normalized spacial score (nSPS) is 11.7. The molecule has 0 saturated carbocycles. The highest BCUT2D eigenvalue weighted by Gasteiger charge is 2.31. The monoisotopic (exact) mass is 280 g/mol. The van der Waals surface area contributed by atoms with Crippen LogP contribution in [0, 0.1) is 0 Å². The molecule has 102 valence electrons. The van der Waals surface area contributed by atoms with Crippen molar-refractivity contribution < 1.29 is 13.2 Å². The number of nitrogens with zero attached hydrogens (tertiary/aromatic N) is 2. The number of alkyl halides is 3. The summed E-state index contributed by atoms with van der Waals surface area (Å²) in [6.07, 6.45) is -1.38. The highest BCUT2D eigenvalue weighted by atomic mass is 35.5. The molecule has 0 spiro atoms. The molecule has 0 aliphatic rings. The molecular formula is C12H16ClF3N2. The van der Waals surface area contributed by atoms with E-state index < -0.39 is 11.7 Å². The third kappa shape index (κ3) is 4.37. The number of hydrogen-bond donors (Lipinski definition) is 0. The second-order valence-electron chi connectivity index (χ2n) is 4.16. The minimum absolute atomic E-state index is 0.137. The van der Waals surface area contributed by atoms with Crippen LogP contribution in [0.15, 0.2) is 12.1 Å². The van der Waals surface area contributed by atoms with Gasteiger partial charge in [0.15, 0.2) is 0 Å². The minimum Gasteiger partial charge on any atom is -0.360 e. The highest BCUT2D eigenvalue weighted by molar-refractivity contribution is 6.29. The topological polar surface area (TPSA) is 16.1 Å². The fourth-order valence-corrected chi connectivity index (χ4v) is 1.76. The van der Waals surface area contributed by atoms with Crippen LogP contribution >= 0.6 is 11.6 Å². The molecule has 0 radical (unpaired) electrons. The summed E-state index contributed by atoms with van der Waals surface area (Å²) in [5.74, 6) is 0.255. The Balaban J connectivity index is 2.85. The number of pyridine rings is 1. The number of hydrogen-bond acceptors (Lipinski definition) is 2. The Bertz CT molecular complexity index is 393. The molecule has 0 bridgehead atoms. The molecule has 6 heteroatoms. The maximum Gasteiger partial charge on any atom is 0.416 e. The zero-order chi connectivity index (χ0) is 13.8. The van der Waals surface area contributed by atoms with E-state index in [4.69, 9.17) is 11.6 Å². The maximum absolute atomic E-state index is 12.6. The molecule has 2 nitrogen and oxygen atoms in total. The van der Waals surface area contributed by atoms with Gasteiger partial charge in [0, 0.05) is 13.6 Å². The van der Waals surface area contributed by atoms with Gasteiger partial charge in [-0.3, -0.25) is 0 Å². The van der Waals surface area contributed by atoms with Crippen LogP contribution in [0.25, 0.3) is 0 Å². The van der Waals surface area contributed by atoms with Gasteiger partial charge in [-0.1, -0.05) is 31.4 Å². The Morgan fingerprint density at radius 2 is 1.94 bits per heavy atom. The van der Waals surface area contributed by atoms with Crippen LogP contribution in [-0.2, 0) is 6.18 Å². The summed E-state index contributed by atoms with van der Waals surface area (Å²) >= 11 is 5.62. The maximum atomic E-state index is 12.6. The van der Waals surface area contributed by atoms with E-state index in [1.807, 2.05) is 0 Å². The molecule has 0 unspecified atom stereocenters. The van der Waals surface area contributed by atoms with Crippen LogP contribution in [0.2, 0.25) is 5.15 Å². The highest BCUT2D eigenvalue weighted by Crippen LogP contribution is 2.32. The minimum atomic E-state index is -4.40. The van der Waals surface area contributed by atoms with E-state index in [0.717, 1.165) is 31.4 Å². The average Bonchev–Trinajstić information content (AvgIpc) is 2.27. The largest absolute Gasteiger partial charge is 0.416 e. The fourth-order valence-electron chi connectivity index (χ4n) is 1.56. The van der Waals surface area contributed by atoms with Crippen molar-refractivity contribution >= 4 is 17.4 Å². The molecule has 0 fully saturated rings. The summed E-state index contributed by atoms with van der Waals surface area (Å²) in [7, 11) is 1.72. The Hall–Kier alpha value is -0.970. The number of anilines is 1. The molecule has 0 aliphatic carbocycles. The number of halogens is 4. The van der Waals surface area contributed by atoms with Crippen molar-refractivity contribution in [1.29, 1.82) is 0 Å². The summed E-state index contributed by atoms with van der Waals surface area (Å²) in [6.45, 7) is 2.73. The lowest BCUT2D eigenvalue weighted by molar-refractivity contribution is -0.137. The lowest BCUT2D eigenvalue weighted by atomic mass is 10.2. The SMILES string of the molecule is CCCCCN(C)c1cc(C(F)(F)F)cc(Cl)n1. The molecule has 1 aromatic heterocycles. The Labute approximate surface area is 110 Å². The van der Waals surface area contributed by atoms with Crippen molar-refractivity contribution in [3.8, 4) is 0 Å². The fraction of sp³-hybridized carbons (Fsp3) is 0.583. The van der Waals surface area contributed by atoms with Crippen LogP contribution in [-0.4, -0.2) is 18.6 Å². The van der Waals surface area contributed by atoms with E-state index in [2.05, 4.69) is 11.9 Å². The zero-order valence-corrected chi connectivity index (χ0v) is 11.1. The molecule has 0 aliphatic heterocycles. The van der Waals surface area contributed by atoms with Crippen molar-refractivity contribution in [2.45, 2.75) is 32.4 Å². The van der Waals surface area contributed by atoms with E-state index in [0.29, 0.717) is 6.54 Å². The summed E-state index contributed by atoms with van der Waals surface area (Å²) in [6, 6.07) is 1.86. The molecule has 0 N–H and O–H groups in total. The molecule has 18 heavy (non-hydrogen) atoms. The predicted molar refractivity (Wildman–Crippen MR) is 67.0 cm³/mol. The van der Waals surface area contributed by atoms with Crippen LogP contribution in [0.1, 0.15) is 31.7 Å². The summed E-state index contributed by atoms with van der Waals surface area (Å²) in [5, 5.41) is -0.137. The predicted octanol–water partition coefficient (Wildman–Crippen LogP) is 4.38. The molecule has 0 saturated heterocycles. The van der Waals surface area contributed by atoms with Gasteiger partial charge in [0.25, 0.3) is 0 Å². The molecule has 1 heterocycles. The van der Waals surface area contributed by atoms with Gasteiger partial charge in [-0.15, -0.1) is 0 Å². The second kappa shape index (κ2) is 6.27. The van der Waals surface area contributed by atoms with Gasteiger partial charge >= 0.3 is 6.18 Å². The lowest BCUT2D eigenvalue weighted by Crippen LogP contribution is -2.20. The van der Waals surface area contributed by atoms with Crippen molar-refractivity contribution in [2.24, 2.45) is 0 Å². The molecule has 0 atom stereocenters. The Kier molecular flexibility index (Phi) is 5.26. The first-order valence-electron chi connectivity index (χ1n) is 5.80. The van der Waals surface area contributed by atoms with E-state index in [1.54, 1.807) is 11.9 Å². The van der Waals surface area contributed by atoms with E-state index in [1.165, 1.54) is 0 Å². The van der Waals surface area contributed by atoms with Crippen molar-refractivity contribution in [1.82, 2.24) is 4.98 Å². The van der Waals surface area contributed by atoms with Crippen LogP contribution in [0.3, 0.4) is 0 Å². The number of aromatic nitrogens is 1. The van der Waals surface area contributed by atoms with Gasteiger partial charge in [-0.05, 0) is 18.6 Å². The van der Waals surface area contributed by atoms with Crippen molar-refractivity contribution in [2.75, 3.05) is 18.5 Å². The quantitative estimate of drug-likeness (QED) is 0.588. The first-order chi connectivity index (χ1) is 8.34. The van der Waals surface area contributed by atoms with Gasteiger partial charge < -0.3 is 4.90 Å². The van der Waals surface area contributed by atoms with E-state index in [9.17, 15) is 13.2 Å². The smallest absolute Gasteiger partial charge is 0.360 e. The molecule has 1 rings (SSSR count). The first kappa shape index (κ1) is 15.1. The molecule has 1 aromatic rings. The number of rotatable bonds is 5. The standard InChI is InChI=1S/C12H16ClF3N2/c1-3-4-5-6-18(2)11-8-9(12(14,15)16)7-10(13)17-11/h7-8H,3-6H2,1-2H3. The zero-order valence-electron chi connectivity index (χ0n) is 10.4. The van der Waals surface area contributed by atoms with Gasteiger partial charge in [0.05, 0.1) is 5.56 Å². The van der Waals surface area contributed by atoms with Crippen molar-refractivity contribution in [3.63, 3.8) is 0 Å². The number of unbranched alkanes of at least 4 members (excludes halogenated alkanes) is 2. The van der Waals surface area contributed by atoms with E-state index in [-0.39, 0.29) is 11.0 Å². The van der Waals surface area contributed by atoms with Crippen LogP contribution in [0.5, 0.6) is 0 Å². The summed E-state index contributed by atoms with van der Waals surface area (Å²) in [5.41, 5.74) is -0.764. The third-order valence-electron chi connectivity index (χ3n) is 2.60. The Morgan fingerprint density at radius 3 is 2.50 bits per heavy atom. The first-order valence-corrected chi connectivity index (χ1v) is 6.18. The Morgan fingerprint density at radius 1 is 1.28 bits per heavy atom. The molecule has 0 amide bonds. The van der Waals surface area contributed by atoms with Crippen LogP contribution in [0.4, 0.5) is 19.0 Å². The second-order valence-corrected chi connectivity index (χ2v) is 4.55.